The fraction of sp³-hybridized carbons (Fsp3) is 0.250. The van der Waals surface area contributed by atoms with E-state index in [9.17, 15) is 23.3 Å². The minimum absolute atomic E-state index is 0.0201. The Balaban J connectivity index is 3.31. The Kier molecular flexibility index (Phi) is 2.73. The molecular weight excluding hydrogens is 199 g/mol. The van der Waals surface area contributed by atoms with Crippen molar-refractivity contribution in [1.29, 1.82) is 0 Å². The molecule has 0 saturated heterocycles. The minimum atomic E-state index is -2.96. The monoisotopic (exact) mass is 205 g/mol. The summed E-state index contributed by atoms with van der Waals surface area (Å²) in [6, 6.07) is 1.30. The van der Waals surface area contributed by atoms with E-state index in [1.54, 1.807) is 0 Å². The number of hydrogen-bond donors (Lipinski definition) is 0. The van der Waals surface area contributed by atoms with Crippen LogP contribution in [0, 0.1) is 22.9 Å². The topological polar surface area (TPSA) is 43.1 Å². The zero-order chi connectivity index (χ0) is 10.9. The predicted octanol–water partition coefficient (Wildman–Crippen LogP) is 2.98. The summed E-state index contributed by atoms with van der Waals surface area (Å²) in [5.41, 5.74) is -1.29. The number of aryl methyl sites for hydroxylation is 1. The number of hydrogen-bond acceptors (Lipinski definition) is 2. The van der Waals surface area contributed by atoms with Crippen molar-refractivity contribution >= 4 is 5.69 Å². The van der Waals surface area contributed by atoms with Gasteiger partial charge in [0.05, 0.1) is 16.6 Å². The lowest BCUT2D eigenvalue weighted by Crippen LogP contribution is -1.97. The second-order valence-corrected chi connectivity index (χ2v) is 2.72. The van der Waals surface area contributed by atoms with Gasteiger partial charge in [-0.15, -0.1) is 0 Å². The molecule has 0 N–H and O–H groups in total. The van der Waals surface area contributed by atoms with E-state index in [0.717, 1.165) is 6.07 Å². The molecule has 0 radical (unpaired) electrons. The van der Waals surface area contributed by atoms with E-state index < -0.39 is 28.4 Å². The van der Waals surface area contributed by atoms with E-state index in [-0.39, 0.29) is 5.56 Å². The normalized spacial score (nSPS) is 10.6. The lowest BCUT2D eigenvalue weighted by Gasteiger charge is -2.03. The molecule has 1 rings (SSSR count). The van der Waals surface area contributed by atoms with Crippen LogP contribution in [0.4, 0.5) is 18.9 Å². The van der Waals surface area contributed by atoms with E-state index in [1.165, 1.54) is 6.92 Å². The Labute approximate surface area is 77.3 Å². The van der Waals surface area contributed by atoms with Crippen LogP contribution in [0.3, 0.4) is 0 Å². The second-order valence-electron chi connectivity index (χ2n) is 2.72. The molecule has 0 aromatic heterocycles. The van der Waals surface area contributed by atoms with Crippen LogP contribution in [-0.4, -0.2) is 4.92 Å². The maximum atomic E-state index is 12.9. The molecule has 0 unspecified atom stereocenters. The van der Waals surface area contributed by atoms with Crippen LogP contribution in [-0.2, 0) is 0 Å². The molecule has 0 saturated carbocycles. The van der Waals surface area contributed by atoms with E-state index in [0.29, 0.717) is 6.07 Å². The first kappa shape index (κ1) is 10.5. The van der Waals surface area contributed by atoms with Gasteiger partial charge in [0.25, 0.3) is 12.1 Å². The van der Waals surface area contributed by atoms with E-state index in [1.807, 2.05) is 0 Å². The quantitative estimate of drug-likeness (QED) is 0.550. The van der Waals surface area contributed by atoms with Gasteiger partial charge in [0.15, 0.2) is 0 Å². The van der Waals surface area contributed by atoms with Crippen molar-refractivity contribution in [3.63, 3.8) is 0 Å². The van der Waals surface area contributed by atoms with Crippen molar-refractivity contribution in [3.05, 3.63) is 39.2 Å². The second kappa shape index (κ2) is 3.65. The molecule has 14 heavy (non-hydrogen) atoms. The molecule has 0 spiro atoms. The van der Waals surface area contributed by atoms with Gasteiger partial charge in [-0.05, 0) is 13.0 Å². The standard InChI is InChI=1S/C8H6F3NO2/c1-4-2-5(8(10)11)6(9)3-7(4)12(13)14/h2-3,8H,1H3. The summed E-state index contributed by atoms with van der Waals surface area (Å²) >= 11 is 0. The van der Waals surface area contributed by atoms with Crippen LogP contribution in [0.15, 0.2) is 12.1 Å². The third-order valence-corrected chi connectivity index (χ3v) is 1.75. The Bertz CT molecular complexity index is 379. The predicted molar refractivity (Wildman–Crippen MR) is 42.7 cm³/mol. The molecule has 0 atom stereocenters. The summed E-state index contributed by atoms with van der Waals surface area (Å²) in [7, 11) is 0. The molecule has 0 amide bonds. The summed E-state index contributed by atoms with van der Waals surface area (Å²) < 4.78 is 37.1. The summed E-state index contributed by atoms with van der Waals surface area (Å²) in [5, 5.41) is 10.3. The number of nitrogens with zero attached hydrogens (tertiary/aromatic N) is 1. The molecule has 76 valence electrons. The SMILES string of the molecule is Cc1cc(C(F)F)c(F)cc1[N+](=O)[O-]. The zero-order valence-electron chi connectivity index (χ0n) is 7.13. The van der Waals surface area contributed by atoms with Crippen molar-refractivity contribution in [2.75, 3.05) is 0 Å². The smallest absolute Gasteiger partial charge is 0.258 e. The number of halogens is 3. The molecule has 0 aliphatic heterocycles. The van der Waals surface area contributed by atoms with Gasteiger partial charge in [0, 0.05) is 5.56 Å². The molecule has 1 aromatic carbocycles. The third-order valence-electron chi connectivity index (χ3n) is 1.75. The lowest BCUT2D eigenvalue weighted by atomic mass is 10.1. The molecule has 1 aromatic rings. The molecule has 0 heterocycles. The van der Waals surface area contributed by atoms with Crippen molar-refractivity contribution in [2.24, 2.45) is 0 Å². The average Bonchev–Trinajstić information content (AvgIpc) is 2.07. The summed E-state index contributed by atoms with van der Waals surface area (Å²) in [6.07, 6.45) is -2.96. The highest BCUT2D eigenvalue weighted by atomic mass is 19.3. The summed E-state index contributed by atoms with van der Waals surface area (Å²) in [4.78, 5) is 9.49. The average molecular weight is 205 g/mol. The molecule has 0 fully saturated rings. The molecular formula is C8H6F3NO2. The van der Waals surface area contributed by atoms with Crippen molar-refractivity contribution in [1.82, 2.24) is 0 Å². The Morgan fingerprint density at radius 3 is 2.43 bits per heavy atom. The number of nitro groups is 1. The van der Waals surface area contributed by atoms with Crippen molar-refractivity contribution in [2.45, 2.75) is 13.3 Å². The number of benzene rings is 1. The zero-order valence-corrected chi connectivity index (χ0v) is 7.13. The maximum absolute atomic E-state index is 12.9. The first-order chi connectivity index (χ1) is 6.43. The summed E-state index contributed by atoms with van der Waals surface area (Å²) in [6.45, 7) is 1.28. The first-order valence-corrected chi connectivity index (χ1v) is 3.66. The van der Waals surface area contributed by atoms with E-state index in [4.69, 9.17) is 0 Å². The van der Waals surface area contributed by atoms with Crippen LogP contribution >= 0.6 is 0 Å². The molecule has 0 aliphatic carbocycles. The highest BCUT2D eigenvalue weighted by Crippen LogP contribution is 2.28. The fourth-order valence-electron chi connectivity index (χ4n) is 1.06. The van der Waals surface area contributed by atoms with Gasteiger partial charge >= 0.3 is 0 Å². The molecule has 0 aliphatic rings. The van der Waals surface area contributed by atoms with Crippen LogP contribution in [0.1, 0.15) is 17.6 Å². The van der Waals surface area contributed by atoms with Crippen molar-refractivity contribution < 1.29 is 18.1 Å². The molecule has 0 bridgehead atoms. The van der Waals surface area contributed by atoms with E-state index in [2.05, 4.69) is 0 Å². The van der Waals surface area contributed by atoms with Crippen LogP contribution in [0.2, 0.25) is 0 Å². The lowest BCUT2D eigenvalue weighted by molar-refractivity contribution is -0.385. The van der Waals surface area contributed by atoms with Gasteiger partial charge in [-0.1, -0.05) is 0 Å². The van der Waals surface area contributed by atoms with Crippen molar-refractivity contribution in [3.8, 4) is 0 Å². The van der Waals surface area contributed by atoms with Gasteiger partial charge in [-0.3, -0.25) is 10.1 Å². The molecule has 6 heteroatoms. The van der Waals surface area contributed by atoms with Gasteiger partial charge in [0.2, 0.25) is 0 Å². The van der Waals surface area contributed by atoms with Crippen LogP contribution in [0.25, 0.3) is 0 Å². The van der Waals surface area contributed by atoms with E-state index >= 15 is 0 Å². The Morgan fingerprint density at radius 1 is 1.43 bits per heavy atom. The minimum Gasteiger partial charge on any atom is -0.258 e. The van der Waals surface area contributed by atoms with Gasteiger partial charge in [0.1, 0.15) is 5.82 Å². The van der Waals surface area contributed by atoms with Crippen LogP contribution < -0.4 is 0 Å². The maximum Gasteiger partial charge on any atom is 0.275 e. The largest absolute Gasteiger partial charge is 0.275 e. The number of alkyl halides is 2. The third kappa shape index (κ3) is 1.84. The van der Waals surface area contributed by atoms with Gasteiger partial charge < -0.3 is 0 Å². The highest BCUT2D eigenvalue weighted by molar-refractivity contribution is 5.43. The Morgan fingerprint density at radius 2 is 2.00 bits per heavy atom. The summed E-state index contributed by atoms with van der Waals surface area (Å²) in [5.74, 6) is -1.25. The van der Waals surface area contributed by atoms with Gasteiger partial charge in [-0.25, -0.2) is 13.2 Å². The number of rotatable bonds is 2. The number of nitro benzene ring substituents is 1. The van der Waals surface area contributed by atoms with Gasteiger partial charge in [-0.2, -0.15) is 0 Å². The molecule has 3 nitrogen and oxygen atoms in total. The Hall–Kier alpha value is -1.59. The fourth-order valence-corrected chi connectivity index (χ4v) is 1.06. The van der Waals surface area contributed by atoms with Crippen LogP contribution in [0.5, 0.6) is 0 Å². The first-order valence-electron chi connectivity index (χ1n) is 3.66. The highest BCUT2D eigenvalue weighted by Gasteiger charge is 2.20.